The molecule has 2 atom stereocenters. The van der Waals surface area contributed by atoms with Gasteiger partial charge in [-0.15, -0.1) is 5.10 Å². The number of aliphatic hydroxyl groups is 2. The van der Waals surface area contributed by atoms with Gasteiger partial charge in [-0.3, -0.25) is 0 Å². The van der Waals surface area contributed by atoms with E-state index in [9.17, 15) is 27.1 Å². The Balaban J connectivity index is 1.35. The number of benzene rings is 2. The highest BCUT2D eigenvalue weighted by molar-refractivity contribution is 5.44. The SMILES string of the molecule is O[C@H](COc1ccc(C23CC(C(F)(F)[C@](O)(Cn4cnnn4)c4ccc(F)cc4F)(C2)C3)cc1)C(F)(F)F. The molecule has 2 N–H and O–H groups in total. The topological polar surface area (TPSA) is 93.3 Å². The van der Waals surface area contributed by atoms with Gasteiger partial charge >= 0.3 is 6.18 Å². The van der Waals surface area contributed by atoms with Gasteiger partial charge in [0.05, 0.1) is 6.54 Å². The molecule has 2 bridgehead atoms. The van der Waals surface area contributed by atoms with Crippen molar-refractivity contribution >= 4 is 0 Å². The van der Waals surface area contributed by atoms with Crippen LogP contribution >= 0.6 is 0 Å². The first-order chi connectivity index (χ1) is 17.7. The second-order valence-corrected chi connectivity index (χ2v) is 10.1. The van der Waals surface area contributed by atoms with Crippen LogP contribution in [0.3, 0.4) is 0 Å². The van der Waals surface area contributed by atoms with Gasteiger partial charge in [-0.25, -0.2) is 22.2 Å². The number of aromatic nitrogens is 4. The molecule has 14 heteroatoms. The fourth-order valence-electron chi connectivity index (χ4n) is 5.71. The zero-order valence-electron chi connectivity index (χ0n) is 19.5. The molecule has 1 heterocycles. The van der Waals surface area contributed by atoms with Gasteiger partial charge in [0.25, 0.3) is 5.92 Å². The van der Waals surface area contributed by atoms with Gasteiger partial charge in [-0.05, 0) is 64.9 Å². The third-order valence-electron chi connectivity index (χ3n) is 7.63. The van der Waals surface area contributed by atoms with Gasteiger partial charge in [0.2, 0.25) is 0 Å². The van der Waals surface area contributed by atoms with Crippen LogP contribution in [0.4, 0.5) is 30.7 Å². The molecule has 0 spiro atoms. The molecule has 3 fully saturated rings. The van der Waals surface area contributed by atoms with Crippen LogP contribution in [0.1, 0.15) is 30.4 Å². The van der Waals surface area contributed by atoms with E-state index in [0.29, 0.717) is 11.6 Å². The average molecular weight is 546 g/mol. The summed E-state index contributed by atoms with van der Waals surface area (Å²) in [6.45, 7) is -1.89. The van der Waals surface area contributed by atoms with Crippen molar-refractivity contribution in [2.75, 3.05) is 6.61 Å². The Morgan fingerprint density at radius 1 is 1.00 bits per heavy atom. The summed E-state index contributed by atoms with van der Waals surface area (Å²) < 4.78 is 104. The number of alkyl halides is 5. The molecular formula is C24H21F7N4O3. The number of rotatable bonds is 9. The van der Waals surface area contributed by atoms with E-state index < -0.39 is 65.0 Å². The number of hydrogen-bond donors (Lipinski definition) is 2. The highest BCUT2D eigenvalue weighted by Gasteiger charge is 2.82. The summed E-state index contributed by atoms with van der Waals surface area (Å²) in [4.78, 5) is 0. The standard InChI is InChI=1S/C24H21F7N4O3/c25-15-3-6-17(18(26)7-15)22(37,12-35-13-32-33-34-35)24(30,31)21-9-20(10-21,11-21)14-1-4-16(5-2-14)38-8-19(36)23(27,28)29/h1-7,13,19,36-37H,8-12H2/t19-,20?,21?,22+/m1/s1. The third-order valence-corrected chi connectivity index (χ3v) is 7.63. The normalized spacial score (nSPS) is 25.2. The van der Waals surface area contributed by atoms with Crippen molar-refractivity contribution in [3.63, 3.8) is 0 Å². The summed E-state index contributed by atoms with van der Waals surface area (Å²) in [7, 11) is 0. The first-order valence-corrected chi connectivity index (χ1v) is 11.5. The van der Waals surface area contributed by atoms with Gasteiger partial charge in [0.15, 0.2) is 11.7 Å². The highest BCUT2D eigenvalue weighted by atomic mass is 19.4. The molecule has 3 aromatic rings. The maximum absolute atomic E-state index is 16.2. The minimum absolute atomic E-state index is 0.0548. The van der Waals surface area contributed by atoms with E-state index in [1.165, 1.54) is 12.1 Å². The fraction of sp³-hybridized carbons (Fsp3) is 0.458. The summed E-state index contributed by atoms with van der Waals surface area (Å²) in [5.41, 5.74) is -5.60. The zero-order valence-corrected chi connectivity index (χ0v) is 19.5. The Morgan fingerprint density at radius 2 is 1.66 bits per heavy atom. The largest absolute Gasteiger partial charge is 0.491 e. The Hall–Kier alpha value is -3.26. The number of hydrogen-bond acceptors (Lipinski definition) is 6. The van der Waals surface area contributed by atoms with Crippen molar-refractivity contribution in [1.29, 1.82) is 0 Å². The van der Waals surface area contributed by atoms with Gasteiger partial charge in [-0.2, -0.15) is 13.2 Å². The average Bonchev–Trinajstić information content (AvgIpc) is 3.28. The number of tetrazole rings is 1. The lowest BCUT2D eigenvalue weighted by molar-refractivity contribution is -0.347. The quantitative estimate of drug-likeness (QED) is 0.396. The van der Waals surface area contributed by atoms with Crippen molar-refractivity contribution in [3.05, 3.63) is 71.6 Å². The first kappa shape index (κ1) is 26.4. The van der Waals surface area contributed by atoms with Crippen molar-refractivity contribution < 1.29 is 45.7 Å². The first-order valence-electron chi connectivity index (χ1n) is 11.5. The van der Waals surface area contributed by atoms with Crippen LogP contribution in [0.25, 0.3) is 0 Å². The van der Waals surface area contributed by atoms with Gasteiger partial charge in [-0.1, -0.05) is 12.1 Å². The lowest BCUT2D eigenvalue weighted by atomic mass is 9.30. The number of ether oxygens (including phenoxy) is 1. The minimum atomic E-state index is -4.82. The predicted octanol–water partition coefficient (Wildman–Crippen LogP) is 3.90. The molecule has 7 nitrogen and oxygen atoms in total. The summed E-state index contributed by atoms with van der Waals surface area (Å²) in [5, 5.41) is 30.7. The van der Waals surface area contributed by atoms with Crippen LogP contribution < -0.4 is 4.74 Å². The van der Waals surface area contributed by atoms with Crippen molar-refractivity contribution in [3.8, 4) is 5.75 Å². The van der Waals surface area contributed by atoms with Crippen LogP contribution in [0.2, 0.25) is 0 Å². The lowest BCUT2D eigenvalue weighted by Crippen LogP contribution is -2.76. The van der Waals surface area contributed by atoms with E-state index >= 15 is 8.78 Å². The van der Waals surface area contributed by atoms with Crippen LogP contribution in [0.5, 0.6) is 5.75 Å². The Kier molecular flexibility index (Phi) is 5.98. The van der Waals surface area contributed by atoms with Crippen LogP contribution in [0.15, 0.2) is 48.8 Å². The summed E-state index contributed by atoms with van der Waals surface area (Å²) in [6.07, 6.45) is -6.65. The van der Waals surface area contributed by atoms with Crippen LogP contribution in [-0.4, -0.2) is 55.2 Å². The number of nitrogens with zero attached hydrogens (tertiary/aromatic N) is 4. The molecule has 1 aromatic heterocycles. The van der Waals surface area contributed by atoms with Crippen molar-refractivity contribution in [2.45, 2.75) is 55.0 Å². The maximum atomic E-state index is 16.2. The fourth-order valence-corrected chi connectivity index (χ4v) is 5.71. The van der Waals surface area contributed by atoms with Gasteiger partial charge < -0.3 is 14.9 Å². The zero-order chi connectivity index (χ0) is 27.6. The van der Waals surface area contributed by atoms with Gasteiger partial charge in [0.1, 0.15) is 30.3 Å². The molecule has 6 rings (SSSR count). The van der Waals surface area contributed by atoms with E-state index in [1.54, 1.807) is 12.1 Å². The van der Waals surface area contributed by atoms with Crippen LogP contribution in [-0.2, 0) is 17.6 Å². The van der Waals surface area contributed by atoms with E-state index in [1.807, 2.05) is 0 Å². The molecule has 0 radical (unpaired) electrons. The Labute approximate surface area is 210 Å². The molecule has 0 aliphatic heterocycles. The third kappa shape index (κ3) is 4.01. The van der Waals surface area contributed by atoms with Crippen molar-refractivity contribution in [2.24, 2.45) is 5.41 Å². The maximum Gasteiger partial charge on any atom is 0.417 e. The van der Waals surface area contributed by atoms with E-state index in [2.05, 4.69) is 15.5 Å². The summed E-state index contributed by atoms with van der Waals surface area (Å²) in [5.74, 6) is -6.16. The summed E-state index contributed by atoms with van der Waals surface area (Å²) >= 11 is 0. The van der Waals surface area contributed by atoms with E-state index in [4.69, 9.17) is 9.84 Å². The molecular weight excluding hydrogens is 525 g/mol. The monoisotopic (exact) mass is 546 g/mol. The molecule has 3 aliphatic rings. The molecule has 3 saturated carbocycles. The molecule has 0 amide bonds. The minimum Gasteiger partial charge on any atom is -0.491 e. The highest BCUT2D eigenvalue weighted by Crippen LogP contribution is 2.80. The van der Waals surface area contributed by atoms with Gasteiger partial charge in [0, 0.05) is 17.0 Å². The summed E-state index contributed by atoms with van der Waals surface area (Å²) in [6, 6.07) is 7.82. The van der Waals surface area contributed by atoms with E-state index in [-0.39, 0.29) is 25.0 Å². The second kappa shape index (κ2) is 8.63. The van der Waals surface area contributed by atoms with Crippen molar-refractivity contribution in [1.82, 2.24) is 20.2 Å². The Morgan fingerprint density at radius 3 is 2.21 bits per heavy atom. The molecule has 0 saturated heterocycles. The molecule has 2 aromatic carbocycles. The van der Waals surface area contributed by atoms with Crippen LogP contribution in [0, 0.1) is 17.0 Å². The number of aliphatic hydroxyl groups excluding tert-OH is 1. The Bertz CT molecular complexity index is 1300. The van der Waals surface area contributed by atoms with E-state index in [0.717, 1.165) is 23.1 Å². The smallest absolute Gasteiger partial charge is 0.417 e. The second-order valence-electron chi connectivity index (χ2n) is 10.1. The lowest BCUT2D eigenvalue weighted by Gasteiger charge is -2.74. The molecule has 3 aliphatic carbocycles. The molecule has 0 unspecified atom stereocenters. The molecule has 38 heavy (non-hydrogen) atoms. The molecule has 204 valence electrons. The number of halogens is 7. The predicted molar refractivity (Wildman–Crippen MR) is 115 cm³/mol.